The van der Waals surface area contributed by atoms with Crippen LogP contribution in [0.2, 0.25) is 0 Å². The third-order valence-corrected chi connectivity index (χ3v) is 4.12. The molecule has 1 atom stereocenters. The van der Waals surface area contributed by atoms with E-state index in [9.17, 15) is 14.9 Å². The van der Waals surface area contributed by atoms with Crippen molar-refractivity contribution in [2.75, 3.05) is 27.7 Å². The van der Waals surface area contributed by atoms with Crippen LogP contribution in [-0.2, 0) is 4.79 Å². The fourth-order valence-corrected chi connectivity index (χ4v) is 2.66. The molecule has 7 heteroatoms. The smallest absolute Gasteiger partial charge is 0.276 e. The van der Waals surface area contributed by atoms with E-state index in [-0.39, 0.29) is 17.6 Å². The van der Waals surface area contributed by atoms with Gasteiger partial charge in [-0.1, -0.05) is 24.3 Å². The van der Waals surface area contributed by atoms with Gasteiger partial charge in [-0.2, -0.15) is 0 Å². The van der Waals surface area contributed by atoms with Gasteiger partial charge in [-0.25, -0.2) is 0 Å². The average Bonchev–Trinajstić information content (AvgIpc) is 2.66. The number of likely N-dealkylation sites (N-methyl/N-ethyl adjacent to an activating group) is 1. The van der Waals surface area contributed by atoms with Crippen LogP contribution >= 0.6 is 0 Å². The normalized spacial score (nSPS) is 12.1. The van der Waals surface area contributed by atoms with Crippen molar-refractivity contribution in [1.82, 2.24) is 10.2 Å². The Bertz CT molecular complexity index is 833. The first kappa shape index (κ1) is 20.1. The highest BCUT2D eigenvalue weighted by Gasteiger charge is 2.16. The molecule has 142 valence electrons. The zero-order valence-electron chi connectivity index (χ0n) is 15.6. The van der Waals surface area contributed by atoms with Crippen molar-refractivity contribution < 1.29 is 14.5 Å². The number of ether oxygens (including phenoxy) is 1. The minimum Gasteiger partial charge on any atom is -0.497 e. The van der Waals surface area contributed by atoms with Crippen molar-refractivity contribution in [3.05, 3.63) is 75.8 Å². The summed E-state index contributed by atoms with van der Waals surface area (Å²) in [6.07, 6.45) is 2.75. The second-order valence-electron chi connectivity index (χ2n) is 6.15. The number of rotatable bonds is 8. The van der Waals surface area contributed by atoms with Crippen molar-refractivity contribution in [3.63, 3.8) is 0 Å². The monoisotopic (exact) mass is 369 g/mol. The van der Waals surface area contributed by atoms with Gasteiger partial charge in [-0.15, -0.1) is 0 Å². The van der Waals surface area contributed by atoms with Crippen molar-refractivity contribution in [2.24, 2.45) is 0 Å². The second-order valence-corrected chi connectivity index (χ2v) is 6.15. The molecule has 2 aromatic carbocycles. The van der Waals surface area contributed by atoms with E-state index in [4.69, 9.17) is 4.74 Å². The summed E-state index contributed by atoms with van der Waals surface area (Å²) in [4.78, 5) is 24.7. The van der Waals surface area contributed by atoms with Crippen LogP contribution in [0.4, 0.5) is 5.69 Å². The van der Waals surface area contributed by atoms with Gasteiger partial charge in [-0.3, -0.25) is 14.9 Å². The highest BCUT2D eigenvalue weighted by Crippen LogP contribution is 2.22. The minimum atomic E-state index is -0.470. The molecule has 2 aromatic rings. The lowest BCUT2D eigenvalue weighted by atomic mass is 10.1. The SMILES string of the molecule is COc1cccc(C(CNC(=O)C=Cc2ccccc2[N+](=O)[O-])N(C)C)c1. The van der Waals surface area contributed by atoms with Gasteiger partial charge in [0.05, 0.1) is 23.6 Å². The number of nitrogens with zero attached hydrogens (tertiary/aromatic N) is 2. The van der Waals surface area contributed by atoms with Crippen LogP contribution in [-0.4, -0.2) is 43.5 Å². The molecule has 0 fully saturated rings. The molecule has 27 heavy (non-hydrogen) atoms. The Balaban J connectivity index is 2.05. The summed E-state index contributed by atoms with van der Waals surface area (Å²) in [6, 6.07) is 13.9. The van der Waals surface area contributed by atoms with Gasteiger partial charge in [0.1, 0.15) is 5.75 Å². The summed E-state index contributed by atoms with van der Waals surface area (Å²) >= 11 is 0. The molecule has 0 spiro atoms. The first-order valence-electron chi connectivity index (χ1n) is 8.42. The Morgan fingerprint density at radius 1 is 1.26 bits per heavy atom. The van der Waals surface area contributed by atoms with E-state index < -0.39 is 4.92 Å². The molecule has 1 unspecified atom stereocenters. The maximum Gasteiger partial charge on any atom is 0.276 e. The van der Waals surface area contributed by atoms with Crippen molar-refractivity contribution in [1.29, 1.82) is 0 Å². The predicted octanol–water partition coefficient (Wildman–Crippen LogP) is 3.04. The molecule has 0 bridgehead atoms. The summed E-state index contributed by atoms with van der Waals surface area (Å²) in [5, 5.41) is 13.9. The van der Waals surface area contributed by atoms with Gasteiger partial charge >= 0.3 is 0 Å². The number of hydrogen-bond acceptors (Lipinski definition) is 5. The van der Waals surface area contributed by atoms with E-state index in [2.05, 4.69) is 5.32 Å². The van der Waals surface area contributed by atoms with E-state index in [1.165, 1.54) is 18.2 Å². The number of nitro groups is 1. The molecular weight excluding hydrogens is 346 g/mol. The third kappa shape index (κ3) is 5.65. The van der Waals surface area contributed by atoms with Crippen LogP contribution in [0.3, 0.4) is 0 Å². The average molecular weight is 369 g/mol. The van der Waals surface area contributed by atoms with Crippen molar-refractivity contribution in [3.8, 4) is 5.75 Å². The number of hydrogen-bond donors (Lipinski definition) is 1. The highest BCUT2D eigenvalue weighted by atomic mass is 16.6. The van der Waals surface area contributed by atoms with Crippen LogP contribution in [0.1, 0.15) is 17.2 Å². The van der Waals surface area contributed by atoms with Gasteiger partial charge in [0.2, 0.25) is 5.91 Å². The molecule has 1 amide bonds. The van der Waals surface area contributed by atoms with E-state index in [0.29, 0.717) is 12.1 Å². The molecule has 0 saturated heterocycles. The first-order chi connectivity index (χ1) is 12.9. The molecule has 2 rings (SSSR count). The summed E-state index contributed by atoms with van der Waals surface area (Å²) in [7, 11) is 5.47. The number of methoxy groups -OCH3 is 1. The number of nitro benzene ring substituents is 1. The summed E-state index contributed by atoms with van der Waals surface area (Å²) in [5.41, 5.74) is 1.36. The Labute approximate surface area is 158 Å². The number of nitrogens with one attached hydrogen (secondary N) is 1. The molecule has 0 aliphatic rings. The van der Waals surface area contributed by atoms with Gasteiger partial charge < -0.3 is 15.0 Å². The molecule has 0 saturated carbocycles. The molecule has 0 aromatic heterocycles. The lowest BCUT2D eigenvalue weighted by Gasteiger charge is -2.25. The fraction of sp³-hybridized carbons (Fsp3) is 0.250. The minimum absolute atomic E-state index is 0.0379. The quantitative estimate of drug-likeness (QED) is 0.439. The van der Waals surface area contributed by atoms with Crippen molar-refractivity contribution >= 4 is 17.7 Å². The zero-order chi connectivity index (χ0) is 19.8. The second kappa shape index (κ2) is 9.49. The lowest BCUT2D eigenvalue weighted by Crippen LogP contribution is -2.33. The van der Waals surface area contributed by atoms with Gasteiger partial charge in [0.15, 0.2) is 0 Å². The van der Waals surface area contributed by atoms with Gasteiger partial charge in [0, 0.05) is 18.7 Å². The standard InChI is InChI=1S/C20H23N3O4/c1-22(2)19(16-8-6-9-17(13-16)27-3)14-21-20(24)12-11-15-7-4-5-10-18(15)23(25)26/h4-13,19H,14H2,1-3H3,(H,21,24). The molecule has 0 radical (unpaired) electrons. The van der Waals surface area contributed by atoms with Crippen LogP contribution in [0.15, 0.2) is 54.6 Å². The van der Waals surface area contributed by atoms with Crippen LogP contribution in [0, 0.1) is 10.1 Å². The first-order valence-corrected chi connectivity index (χ1v) is 8.42. The highest BCUT2D eigenvalue weighted by molar-refractivity contribution is 5.92. The Morgan fingerprint density at radius 3 is 2.67 bits per heavy atom. The largest absolute Gasteiger partial charge is 0.497 e. The summed E-state index contributed by atoms with van der Waals surface area (Å²) in [5.74, 6) is 0.435. The molecular formula is C20H23N3O4. The molecule has 0 aliphatic heterocycles. The van der Waals surface area contributed by atoms with Crippen LogP contribution in [0.5, 0.6) is 5.75 Å². The topological polar surface area (TPSA) is 84.7 Å². The number of carbonyl (C=O) groups excluding carboxylic acids is 1. The fourth-order valence-electron chi connectivity index (χ4n) is 2.66. The van der Waals surface area contributed by atoms with Gasteiger partial charge in [0.25, 0.3) is 5.69 Å². The predicted molar refractivity (Wildman–Crippen MR) is 105 cm³/mol. The van der Waals surface area contributed by atoms with Crippen LogP contribution < -0.4 is 10.1 Å². The number of para-hydroxylation sites is 1. The van der Waals surface area contributed by atoms with E-state index in [0.717, 1.165) is 11.3 Å². The van der Waals surface area contributed by atoms with Crippen LogP contribution in [0.25, 0.3) is 6.08 Å². The molecule has 1 N–H and O–H groups in total. The third-order valence-electron chi connectivity index (χ3n) is 4.12. The number of benzene rings is 2. The Kier molecular flexibility index (Phi) is 7.08. The van der Waals surface area contributed by atoms with Crippen molar-refractivity contribution in [2.45, 2.75) is 6.04 Å². The zero-order valence-corrected chi connectivity index (χ0v) is 15.6. The Hall–Kier alpha value is -3.19. The van der Waals surface area contributed by atoms with E-state index >= 15 is 0 Å². The van der Waals surface area contributed by atoms with E-state index in [1.54, 1.807) is 25.3 Å². The number of amides is 1. The lowest BCUT2D eigenvalue weighted by molar-refractivity contribution is -0.385. The molecule has 0 heterocycles. The summed E-state index contributed by atoms with van der Waals surface area (Å²) in [6.45, 7) is 0.389. The maximum absolute atomic E-state index is 12.2. The maximum atomic E-state index is 12.2. The summed E-state index contributed by atoms with van der Waals surface area (Å²) < 4.78 is 5.26. The number of carbonyl (C=O) groups is 1. The van der Waals surface area contributed by atoms with E-state index in [1.807, 2.05) is 43.3 Å². The Morgan fingerprint density at radius 2 is 2.00 bits per heavy atom. The molecule has 7 nitrogen and oxygen atoms in total. The molecule has 0 aliphatic carbocycles. The van der Waals surface area contributed by atoms with Gasteiger partial charge in [-0.05, 0) is 43.9 Å².